The molecule has 3 rings (SSSR count). The Morgan fingerprint density at radius 2 is 1.97 bits per heavy atom. The highest BCUT2D eigenvalue weighted by Crippen LogP contribution is 2.36. The van der Waals surface area contributed by atoms with Crippen molar-refractivity contribution in [1.29, 1.82) is 0 Å². The van der Waals surface area contributed by atoms with Gasteiger partial charge in [-0.1, -0.05) is 42.2 Å². The molecule has 1 aromatic heterocycles. The molecule has 0 unspecified atom stereocenters. The predicted molar refractivity (Wildman–Crippen MR) is 118 cm³/mol. The van der Waals surface area contributed by atoms with Crippen LogP contribution in [-0.2, 0) is 14.4 Å². The van der Waals surface area contributed by atoms with E-state index in [4.69, 9.17) is 17.3 Å². The number of anilines is 2. The van der Waals surface area contributed by atoms with Crippen LogP contribution in [0.1, 0.15) is 23.7 Å². The lowest BCUT2D eigenvalue weighted by Gasteiger charge is -2.22. The number of aromatic nitrogens is 1. The highest BCUT2D eigenvalue weighted by atomic mass is 32.2. The fourth-order valence-corrected chi connectivity index (χ4v) is 4.97. The number of aryl methyl sites for hydroxylation is 2. The van der Waals surface area contributed by atoms with E-state index in [1.54, 1.807) is 16.4 Å². The van der Waals surface area contributed by atoms with Crippen LogP contribution in [0.2, 0.25) is 0 Å². The second-order valence-electron chi connectivity index (χ2n) is 6.31. The molecule has 29 heavy (non-hydrogen) atoms. The molecule has 2 amide bonds. The molecule has 1 aliphatic heterocycles. The molecule has 1 fully saturated rings. The normalized spacial score (nSPS) is 15.3. The van der Waals surface area contributed by atoms with Gasteiger partial charge < -0.3 is 5.11 Å². The van der Waals surface area contributed by atoms with Crippen molar-refractivity contribution in [2.75, 3.05) is 11.4 Å². The average molecular weight is 448 g/mol. The lowest BCUT2D eigenvalue weighted by atomic mass is 10.1. The standard InChI is InChI=1S/C19H17N3O4S3/c1-10-5-4-6-11(2)16(10)22(12(3)23)18-20-13(9-28-18)7-14-17(26)21(8-15(24)25)19(27)29-14/h4-7,9H,8H2,1-3H3,(H,24,25). The summed E-state index contributed by atoms with van der Waals surface area (Å²) in [5.41, 5.74) is 3.19. The Balaban J connectivity index is 1.93. The summed E-state index contributed by atoms with van der Waals surface area (Å²) in [6.45, 7) is 4.86. The number of amides is 2. The quantitative estimate of drug-likeness (QED) is 0.552. The molecule has 7 nitrogen and oxygen atoms in total. The van der Waals surface area contributed by atoms with E-state index < -0.39 is 18.4 Å². The molecule has 1 saturated heterocycles. The van der Waals surface area contributed by atoms with Crippen molar-refractivity contribution in [3.63, 3.8) is 0 Å². The summed E-state index contributed by atoms with van der Waals surface area (Å²) in [4.78, 5) is 43.1. The number of benzene rings is 1. The number of rotatable bonds is 5. The second kappa shape index (κ2) is 8.44. The first kappa shape index (κ1) is 21.2. The first-order valence-electron chi connectivity index (χ1n) is 8.48. The third kappa shape index (κ3) is 4.39. The summed E-state index contributed by atoms with van der Waals surface area (Å²) >= 11 is 7.41. The molecule has 0 saturated carbocycles. The molecule has 1 aliphatic rings. The van der Waals surface area contributed by atoms with Gasteiger partial charge >= 0.3 is 5.97 Å². The zero-order chi connectivity index (χ0) is 21.3. The summed E-state index contributed by atoms with van der Waals surface area (Å²) < 4.78 is 0.194. The minimum atomic E-state index is -1.14. The number of aliphatic carboxylic acids is 1. The molecule has 0 bridgehead atoms. The van der Waals surface area contributed by atoms with Gasteiger partial charge in [-0.15, -0.1) is 11.3 Å². The van der Waals surface area contributed by atoms with Crippen molar-refractivity contribution >= 4 is 74.3 Å². The van der Waals surface area contributed by atoms with E-state index >= 15 is 0 Å². The highest BCUT2D eigenvalue weighted by molar-refractivity contribution is 8.26. The molecule has 0 aliphatic carbocycles. The van der Waals surface area contributed by atoms with E-state index in [0.717, 1.165) is 33.5 Å². The Morgan fingerprint density at radius 3 is 2.55 bits per heavy atom. The molecule has 150 valence electrons. The van der Waals surface area contributed by atoms with Gasteiger partial charge in [-0.2, -0.15) is 0 Å². The number of carboxylic acid groups (broad SMARTS) is 1. The van der Waals surface area contributed by atoms with Crippen molar-refractivity contribution in [1.82, 2.24) is 9.88 Å². The number of para-hydroxylation sites is 1. The first-order chi connectivity index (χ1) is 13.7. The predicted octanol–water partition coefficient (Wildman–Crippen LogP) is 3.73. The number of thiazole rings is 1. The van der Waals surface area contributed by atoms with E-state index in [2.05, 4.69) is 4.98 Å². The number of hydrogen-bond acceptors (Lipinski definition) is 7. The first-order valence-corrected chi connectivity index (χ1v) is 10.6. The number of carbonyl (C=O) groups excluding carboxylic acids is 2. The minimum absolute atomic E-state index is 0.170. The third-order valence-electron chi connectivity index (χ3n) is 4.13. The van der Waals surface area contributed by atoms with Crippen LogP contribution in [0, 0.1) is 13.8 Å². The van der Waals surface area contributed by atoms with Gasteiger partial charge in [0.25, 0.3) is 5.91 Å². The molecule has 10 heteroatoms. The molecular weight excluding hydrogens is 430 g/mol. The van der Waals surface area contributed by atoms with Gasteiger partial charge in [-0.3, -0.25) is 24.2 Å². The lowest BCUT2D eigenvalue weighted by molar-refractivity contribution is -0.140. The van der Waals surface area contributed by atoms with Crippen molar-refractivity contribution in [3.05, 3.63) is 45.3 Å². The molecule has 1 aromatic carbocycles. The van der Waals surface area contributed by atoms with Crippen LogP contribution in [0.5, 0.6) is 0 Å². The van der Waals surface area contributed by atoms with E-state index in [1.807, 2.05) is 32.0 Å². The number of carbonyl (C=O) groups is 3. The molecule has 2 aromatic rings. The summed E-state index contributed by atoms with van der Waals surface area (Å²) in [5.74, 6) is -1.77. The van der Waals surface area contributed by atoms with Crippen molar-refractivity contribution in [2.45, 2.75) is 20.8 Å². The maximum Gasteiger partial charge on any atom is 0.323 e. The molecule has 2 heterocycles. The van der Waals surface area contributed by atoms with Gasteiger partial charge in [0.2, 0.25) is 5.91 Å². The SMILES string of the molecule is CC(=O)N(c1nc(C=C2SC(=S)N(CC(=O)O)C2=O)cs1)c1c(C)cccc1C. The Labute approximate surface area is 181 Å². The fourth-order valence-electron chi connectivity index (χ4n) is 2.90. The highest BCUT2D eigenvalue weighted by Gasteiger charge is 2.33. The zero-order valence-electron chi connectivity index (χ0n) is 15.8. The van der Waals surface area contributed by atoms with Crippen LogP contribution in [0.25, 0.3) is 6.08 Å². The van der Waals surface area contributed by atoms with Gasteiger partial charge in [0.1, 0.15) is 10.9 Å². The maximum atomic E-state index is 12.4. The van der Waals surface area contributed by atoms with Crippen molar-refractivity contribution in [3.8, 4) is 0 Å². The molecule has 0 spiro atoms. The summed E-state index contributed by atoms with van der Waals surface area (Å²) in [5, 5.41) is 11.2. The summed E-state index contributed by atoms with van der Waals surface area (Å²) in [6, 6.07) is 5.79. The third-order valence-corrected chi connectivity index (χ3v) is 6.35. The van der Waals surface area contributed by atoms with Gasteiger partial charge in [0, 0.05) is 12.3 Å². The Morgan fingerprint density at radius 1 is 1.31 bits per heavy atom. The van der Waals surface area contributed by atoms with E-state index in [9.17, 15) is 14.4 Å². The lowest BCUT2D eigenvalue weighted by Crippen LogP contribution is -2.33. The van der Waals surface area contributed by atoms with Crippen LogP contribution >= 0.6 is 35.3 Å². The minimum Gasteiger partial charge on any atom is -0.480 e. The van der Waals surface area contributed by atoms with E-state index in [-0.39, 0.29) is 10.2 Å². The molecule has 0 radical (unpaired) electrons. The number of carboxylic acids is 1. The van der Waals surface area contributed by atoms with Crippen LogP contribution in [0.3, 0.4) is 0 Å². The van der Waals surface area contributed by atoms with Crippen LogP contribution in [-0.4, -0.2) is 43.6 Å². The zero-order valence-corrected chi connectivity index (χ0v) is 18.3. The molecule has 1 N–H and O–H groups in total. The van der Waals surface area contributed by atoms with Crippen LogP contribution in [0.4, 0.5) is 10.8 Å². The van der Waals surface area contributed by atoms with Crippen LogP contribution < -0.4 is 4.90 Å². The number of thiocarbonyl (C=S) groups is 1. The van der Waals surface area contributed by atoms with Crippen molar-refractivity contribution < 1.29 is 19.5 Å². The summed E-state index contributed by atoms with van der Waals surface area (Å²) in [6.07, 6.45) is 1.56. The molecule has 0 atom stereocenters. The van der Waals surface area contributed by atoms with Crippen molar-refractivity contribution in [2.24, 2.45) is 0 Å². The Bertz CT molecular complexity index is 1040. The number of thioether (sulfide) groups is 1. The topological polar surface area (TPSA) is 90.8 Å². The molecular formula is C19H17N3O4S3. The van der Waals surface area contributed by atoms with Crippen LogP contribution in [0.15, 0.2) is 28.5 Å². The smallest absolute Gasteiger partial charge is 0.323 e. The maximum absolute atomic E-state index is 12.4. The largest absolute Gasteiger partial charge is 0.480 e. The Kier molecular flexibility index (Phi) is 6.15. The van der Waals surface area contributed by atoms with Gasteiger partial charge in [0.05, 0.1) is 16.3 Å². The monoisotopic (exact) mass is 447 g/mol. The Hall–Kier alpha value is -2.56. The number of nitrogens with zero attached hydrogens (tertiary/aromatic N) is 3. The second-order valence-corrected chi connectivity index (χ2v) is 8.82. The fraction of sp³-hybridized carbons (Fsp3) is 0.211. The van der Waals surface area contributed by atoms with Gasteiger partial charge in [-0.25, -0.2) is 4.98 Å². The average Bonchev–Trinajstić information content (AvgIpc) is 3.18. The van der Waals surface area contributed by atoms with Gasteiger partial charge in [0.15, 0.2) is 5.13 Å². The van der Waals surface area contributed by atoms with E-state index in [1.165, 1.54) is 18.3 Å². The number of hydrogen-bond donors (Lipinski definition) is 1. The van der Waals surface area contributed by atoms with Gasteiger partial charge in [-0.05, 0) is 31.1 Å². The van der Waals surface area contributed by atoms with E-state index in [0.29, 0.717) is 15.7 Å². The summed E-state index contributed by atoms with van der Waals surface area (Å²) in [7, 11) is 0.